The summed E-state index contributed by atoms with van der Waals surface area (Å²) in [6.45, 7) is 9.28. The molecule has 1 aromatic heterocycles. The van der Waals surface area contributed by atoms with Crippen LogP contribution in [0.25, 0.3) is 33.1 Å². The molecule has 5 aromatic carbocycles. The van der Waals surface area contributed by atoms with Crippen LogP contribution in [-0.2, 0) is 11.1 Å². The molecule has 6 aromatic rings. The van der Waals surface area contributed by atoms with Gasteiger partial charge in [0.25, 0.3) is 0 Å². The highest BCUT2D eigenvalue weighted by molar-refractivity contribution is 9.10. The highest BCUT2D eigenvalue weighted by Crippen LogP contribution is 2.50. The SMILES string of the molecule is CN1C(C)(C)c2ccc(-c3cc(N(c4ccc(Br)cc4)c4ccc(Br)cc4)c4oc5ccccc5c4c3)cc2C1(C)C. The van der Waals surface area contributed by atoms with E-state index in [-0.39, 0.29) is 11.1 Å². The van der Waals surface area contributed by atoms with Crippen LogP contribution in [0.15, 0.2) is 116 Å². The van der Waals surface area contributed by atoms with Crippen LogP contribution in [0.2, 0.25) is 0 Å². The van der Waals surface area contributed by atoms with E-state index in [2.05, 4.69) is 173 Å². The zero-order valence-corrected chi connectivity index (χ0v) is 27.5. The first-order valence-electron chi connectivity index (χ1n) is 14.2. The molecule has 0 aliphatic carbocycles. The maximum absolute atomic E-state index is 6.63. The Morgan fingerprint density at radius 2 is 1.21 bits per heavy atom. The van der Waals surface area contributed by atoms with Gasteiger partial charge in [-0.05, 0) is 130 Å². The molecule has 0 saturated carbocycles. The molecule has 0 spiro atoms. The molecule has 210 valence electrons. The van der Waals surface area contributed by atoms with Crippen molar-refractivity contribution in [1.82, 2.24) is 4.90 Å². The molecule has 2 heterocycles. The minimum atomic E-state index is -0.0784. The standard InChI is InChI=1S/C37H32Br2N2O/c1-36(2)31-19-10-23(21-32(31)37(3,4)40(36)5)24-20-30-29-8-6-7-9-34(29)42-35(30)33(22-24)41(27-15-11-25(38)12-16-27)28-17-13-26(39)14-18-28/h6-22H,1-5H3. The van der Waals surface area contributed by atoms with Crippen LogP contribution in [0.5, 0.6) is 0 Å². The smallest absolute Gasteiger partial charge is 0.159 e. The summed E-state index contributed by atoms with van der Waals surface area (Å²) in [4.78, 5) is 4.77. The van der Waals surface area contributed by atoms with Gasteiger partial charge < -0.3 is 9.32 Å². The van der Waals surface area contributed by atoms with Crippen molar-refractivity contribution < 1.29 is 4.42 Å². The molecule has 0 atom stereocenters. The van der Waals surface area contributed by atoms with Gasteiger partial charge >= 0.3 is 0 Å². The lowest BCUT2D eigenvalue weighted by molar-refractivity contribution is 0.0730. The molecule has 3 nitrogen and oxygen atoms in total. The van der Waals surface area contributed by atoms with Crippen LogP contribution in [0.3, 0.4) is 0 Å². The average molecular weight is 680 g/mol. The zero-order chi connectivity index (χ0) is 29.4. The van der Waals surface area contributed by atoms with Crippen molar-refractivity contribution in [2.75, 3.05) is 11.9 Å². The summed E-state index contributed by atoms with van der Waals surface area (Å²) in [6, 6.07) is 36.8. The maximum Gasteiger partial charge on any atom is 0.159 e. The molecular weight excluding hydrogens is 648 g/mol. The molecule has 0 N–H and O–H groups in total. The van der Waals surface area contributed by atoms with Crippen molar-refractivity contribution in [3.63, 3.8) is 0 Å². The number of fused-ring (bicyclic) bond motifs is 4. The Bertz CT molecular complexity index is 1930. The third-order valence-electron chi connectivity index (χ3n) is 9.22. The van der Waals surface area contributed by atoms with E-state index in [1.54, 1.807) is 0 Å². The Morgan fingerprint density at radius 1 is 0.619 bits per heavy atom. The molecule has 0 radical (unpaired) electrons. The molecule has 0 bridgehead atoms. The second kappa shape index (κ2) is 9.84. The van der Waals surface area contributed by atoms with E-state index >= 15 is 0 Å². The predicted molar refractivity (Wildman–Crippen MR) is 183 cm³/mol. The highest BCUT2D eigenvalue weighted by Gasteiger charge is 2.46. The second-order valence-electron chi connectivity index (χ2n) is 12.2. The lowest BCUT2D eigenvalue weighted by atomic mass is 9.87. The summed E-state index contributed by atoms with van der Waals surface area (Å²) in [5.74, 6) is 0. The number of para-hydroxylation sites is 1. The fourth-order valence-electron chi connectivity index (χ4n) is 6.57. The van der Waals surface area contributed by atoms with Gasteiger partial charge in [-0.1, -0.05) is 62.2 Å². The summed E-state index contributed by atoms with van der Waals surface area (Å²) in [7, 11) is 2.23. The van der Waals surface area contributed by atoms with E-state index in [0.717, 1.165) is 53.5 Å². The number of rotatable bonds is 4. The van der Waals surface area contributed by atoms with Gasteiger partial charge in [0.05, 0.1) is 5.69 Å². The van der Waals surface area contributed by atoms with Gasteiger partial charge in [-0.25, -0.2) is 0 Å². The second-order valence-corrected chi connectivity index (χ2v) is 14.0. The Balaban J connectivity index is 1.52. The van der Waals surface area contributed by atoms with Gasteiger partial charge in [0.15, 0.2) is 5.58 Å². The van der Waals surface area contributed by atoms with Crippen molar-refractivity contribution >= 4 is 70.9 Å². The van der Waals surface area contributed by atoms with Crippen molar-refractivity contribution in [3.05, 3.63) is 123 Å². The van der Waals surface area contributed by atoms with Crippen LogP contribution < -0.4 is 4.90 Å². The lowest BCUT2D eigenvalue weighted by Crippen LogP contribution is -2.42. The Kier molecular flexibility index (Phi) is 6.43. The quantitative estimate of drug-likeness (QED) is 0.185. The van der Waals surface area contributed by atoms with E-state index < -0.39 is 0 Å². The van der Waals surface area contributed by atoms with Crippen molar-refractivity contribution in [2.24, 2.45) is 0 Å². The van der Waals surface area contributed by atoms with Crippen molar-refractivity contribution in [1.29, 1.82) is 0 Å². The minimum absolute atomic E-state index is 0.0345. The minimum Gasteiger partial charge on any atom is -0.454 e. The Hall–Kier alpha value is -3.38. The molecule has 7 rings (SSSR count). The van der Waals surface area contributed by atoms with E-state index in [0.29, 0.717) is 0 Å². The summed E-state index contributed by atoms with van der Waals surface area (Å²) in [6.07, 6.45) is 0. The zero-order valence-electron chi connectivity index (χ0n) is 24.4. The first-order chi connectivity index (χ1) is 20.1. The number of nitrogens with zero attached hydrogens (tertiary/aromatic N) is 2. The van der Waals surface area contributed by atoms with E-state index in [1.165, 1.54) is 16.7 Å². The van der Waals surface area contributed by atoms with Crippen LogP contribution in [-0.4, -0.2) is 11.9 Å². The van der Waals surface area contributed by atoms with Gasteiger partial charge in [0.1, 0.15) is 5.58 Å². The Labute approximate surface area is 264 Å². The summed E-state index contributed by atoms with van der Waals surface area (Å²) in [5, 5.41) is 2.22. The first-order valence-corrected chi connectivity index (χ1v) is 15.8. The largest absolute Gasteiger partial charge is 0.454 e. The number of hydrogen-bond donors (Lipinski definition) is 0. The topological polar surface area (TPSA) is 19.6 Å². The first kappa shape index (κ1) is 27.5. The van der Waals surface area contributed by atoms with Crippen LogP contribution in [0.1, 0.15) is 38.8 Å². The van der Waals surface area contributed by atoms with Crippen LogP contribution in [0, 0.1) is 0 Å². The highest BCUT2D eigenvalue weighted by atomic mass is 79.9. The number of furan rings is 1. The van der Waals surface area contributed by atoms with Crippen LogP contribution >= 0.6 is 31.9 Å². The normalized spacial score (nSPS) is 15.8. The molecule has 0 saturated heterocycles. The third-order valence-corrected chi connectivity index (χ3v) is 10.3. The monoisotopic (exact) mass is 678 g/mol. The van der Waals surface area contributed by atoms with Crippen molar-refractivity contribution in [2.45, 2.75) is 38.8 Å². The lowest BCUT2D eigenvalue weighted by Gasteiger charge is -2.37. The van der Waals surface area contributed by atoms with Gasteiger partial charge in [-0.2, -0.15) is 0 Å². The number of anilines is 3. The molecule has 5 heteroatoms. The molecule has 42 heavy (non-hydrogen) atoms. The third kappa shape index (κ3) is 4.24. The van der Waals surface area contributed by atoms with E-state index in [1.807, 2.05) is 6.07 Å². The molecular formula is C37H32Br2N2O. The fourth-order valence-corrected chi connectivity index (χ4v) is 7.10. The molecule has 0 fully saturated rings. The van der Waals surface area contributed by atoms with Gasteiger partial charge in [-0.15, -0.1) is 0 Å². The maximum atomic E-state index is 6.63. The van der Waals surface area contributed by atoms with Gasteiger partial charge in [0.2, 0.25) is 0 Å². The number of halogens is 2. The van der Waals surface area contributed by atoms with E-state index in [4.69, 9.17) is 4.42 Å². The fraction of sp³-hybridized carbons (Fsp3) is 0.189. The molecule has 1 aliphatic heterocycles. The van der Waals surface area contributed by atoms with E-state index in [9.17, 15) is 0 Å². The predicted octanol–water partition coefficient (Wildman–Crippen LogP) is 11.7. The van der Waals surface area contributed by atoms with Gasteiger partial charge in [0, 0.05) is 42.2 Å². The molecule has 0 amide bonds. The summed E-state index contributed by atoms with van der Waals surface area (Å²) in [5.41, 5.74) is 9.88. The summed E-state index contributed by atoms with van der Waals surface area (Å²) >= 11 is 7.24. The van der Waals surface area contributed by atoms with Crippen LogP contribution in [0.4, 0.5) is 17.1 Å². The number of hydrogen-bond acceptors (Lipinski definition) is 3. The average Bonchev–Trinajstić information content (AvgIpc) is 3.42. The molecule has 1 aliphatic rings. The Morgan fingerprint density at radius 3 is 1.86 bits per heavy atom. The van der Waals surface area contributed by atoms with Gasteiger partial charge in [-0.3, -0.25) is 4.90 Å². The number of benzene rings is 5. The van der Waals surface area contributed by atoms with Crippen molar-refractivity contribution in [3.8, 4) is 11.1 Å². The molecule has 0 unspecified atom stereocenters. The summed E-state index contributed by atoms with van der Waals surface area (Å²) < 4.78 is 8.71.